The van der Waals surface area contributed by atoms with Gasteiger partial charge in [0.05, 0.1) is 0 Å². The normalized spacial score (nSPS) is 13.5. The van der Waals surface area contributed by atoms with Crippen molar-refractivity contribution in [1.82, 2.24) is 0 Å². The lowest BCUT2D eigenvalue weighted by atomic mass is 10.3. The number of nitrogens with zero attached hydrogens (tertiary/aromatic N) is 1. The van der Waals surface area contributed by atoms with Gasteiger partial charge in [-0.25, -0.2) is 0 Å². The van der Waals surface area contributed by atoms with Crippen LogP contribution in [0.2, 0.25) is 0 Å². The highest BCUT2D eigenvalue weighted by Crippen LogP contribution is 1.99. The highest BCUT2D eigenvalue weighted by Gasteiger charge is 1.81. The van der Waals surface area contributed by atoms with Crippen LogP contribution in [0.4, 0.5) is 0 Å². The molecule has 0 saturated carbocycles. The molecule has 0 radical (unpaired) electrons. The number of allylic oxidation sites excluding steroid dienone is 4. The SMILES string of the molecule is C\C=C(CC)/N=C\C=C\CC. The first-order chi connectivity index (χ1) is 5.35. The summed E-state index contributed by atoms with van der Waals surface area (Å²) in [6.45, 7) is 6.23. The van der Waals surface area contributed by atoms with Gasteiger partial charge >= 0.3 is 0 Å². The Morgan fingerprint density at radius 1 is 1.36 bits per heavy atom. The molecular weight excluding hydrogens is 134 g/mol. The third kappa shape index (κ3) is 5.59. The quantitative estimate of drug-likeness (QED) is 0.546. The monoisotopic (exact) mass is 151 g/mol. The van der Waals surface area contributed by atoms with E-state index in [4.69, 9.17) is 0 Å². The third-order valence-electron chi connectivity index (χ3n) is 1.39. The molecule has 62 valence electrons. The highest BCUT2D eigenvalue weighted by molar-refractivity contribution is 5.71. The zero-order valence-electron chi connectivity index (χ0n) is 7.67. The zero-order valence-corrected chi connectivity index (χ0v) is 7.67. The van der Waals surface area contributed by atoms with Gasteiger partial charge in [-0.2, -0.15) is 0 Å². The molecule has 0 saturated heterocycles. The maximum Gasteiger partial charge on any atom is 0.0358 e. The van der Waals surface area contributed by atoms with Gasteiger partial charge in [-0.05, 0) is 25.8 Å². The lowest BCUT2D eigenvalue weighted by Gasteiger charge is -1.90. The Kier molecular flexibility index (Phi) is 6.70. The minimum absolute atomic E-state index is 1.01. The predicted molar refractivity (Wildman–Crippen MR) is 52.0 cm³/mol. The Morgan fingerprint density at radius 3 is 2.55 bits per heavy atom. The van der Waals surface area contributed by atoms with Crippen molar-refractivity contribution in [1.29, 1.82) is 0 Å². The second-order valence-corrected chi connectivity index (χ2v) is 2.25. The third-order valence-corrected chi connectivity index (χ3v) is 1.39. The second-order valence-electron chi connectivity index (χ2n) is 2.25. The Labute approximate surface area is 69.5 Å². The first-order valence-electron chi connectivity index (χ1n) is 4.19. The molecule has 0 aliphatic rings. The van der Waals surface area contributed by atoms with Crippen LogP contribution in [0, 0.1) is 0 Å². The van der Waals surface area contributed by atoms with Gasteiger partial charge in [0, 0.05) is 11.9 Å². The van der Waals surface area contributed by atoms with Gasteiger partial charge in [0.15, 0.2) is 0 Å². The fourth-order valence-electron chi connectivity index (χ4n) is 0.706. The highest BCUT2D eigenvalue weighted by atomic mass is 14.7. The van der Waals surface area contributed by atoms with Crippen LogP contribution in [0.15, 0.2) is 28.9 Å². The van der Waals surface area contributed by atoms with Crippen LogP contribution in [0.5, 0.6) is 0 Å². The fourth-order valence-corrected chi connectivity index (χ4v) is 0.706. The van der Waals surface area contributed by atoms with Gasteiger partial charge in [0.2, 0.25) is 0 Å². The molecule has 0 aromatic carbocycles. The molecular formula is C10H17N. The van der Waals surface area contributed by atoms with E-state index in [2.05, 4.69) is 24.9 Å². The molecule has 0 amide bonds. The Hall–Kier alpha value is -0.850. The van der Waals surface area contributed by atoms with Crippen molar-refractivity contribution >= 4 is 6.21 Å². The molecule has 0 N–H and O–H groups in total. The first kappa shape index (κ1) is 10.2. The summed E-state index contributed by atoms with van der Waals surface area (Å²) in [6, 6.07) is 0. The van der Waals surface area contributed by atoms with Crippen LogP contribution in [0.25, 0.3) is 0 Å². The molecule has 0 aliphatic heterocycles. The summed E-state index contributed by atoms with van der Waals surface area (Å²) in [7, 11) is 0. The molecule has 0 spiro atoms. The van der Waals surface area contributed by atoms with Crippen LogP contribution in [-0.2, 0) is 0 Å². The molecule has 0 unspecified atom stereocenters. The molecule has 0 aromatic heterocycles. The molecule has 0 bridgehead atoms. The van der Waals surface area contributed by atoms with E-state index in [-0.39, 0.29) is 0 Å². The van der Waals surface area contributed by atoms with E-state index in [1.807, 2.05) is 25.3 Å². The van der Waals surface area contributed by atoms with Crippen LogP contribution in [0.1, 0.15) is 33.6 Å². The molecule has 1 nitrogen and oxygen atoms in total. The fraction of sp³-hybridized carbons (Fsp3) is 0.500. The largest absolute Gasteiger partial charge is 0.262 e. The first-order valence-corrected chi connectivity index (χ1v) is 4.19. The Balaban J connectivity index is 3.81. The van der Waals surface area contributed by atoms with Gasteiger partial charge < -0.3 is 0 Å². The van der Waals surface area contributed by atoms with Gasteiger partial charge in [-0.1, -0.05) is 26.0 Å². The maximum absolute atomic E-state index is 4.25. The number of hydrogen-bond donors (Lipinski definition) is 0. The number of rotatable bonds is 4. The van der Waals surface area contributed by atoms with E-state index in [9.17, 15) is 0 Å². The van der Waals surface area contributed by atoms with E-state index in [1.165, 1.54) is 0 Å². The molecule has 0 rings (SSSR count). The minimum Gasteiger partial charge on any atom is -0.262 e. The van der Waals surface area contributed by atoms with Gasteiger partial charge in [-0.3, -0.25) is 4.99 Å². The number of hydrogen-bond acceptors (Lipinski definition) is 1. The van der Waals surface area contributed by atoms with Crippen LogP contribution < -0.4 is 0 Å². The van der Waals surface area contributed by atoms with Crippen molar-refractivity contribution in [3.05, 3.63) is 23.9 Å². The van der Waals surface area contributed by atoms with E-state index in [0.29, 0.717) is 0 Å². The van der Waals surface area contributed by atoms with Crippen LogP contribution in [-0.4, -0.2) is 6.21 Å². The van der Waals surface area contributed by atoms with Crippen molar-refractivity contribution in [2.24, 2.45) is 4.99 Å². The van der Waals surface area contributed by atoms with Crippen molar-refractivity contribution < 1.29 is 0 Å². The van der Waals surface area contributed by atoms with Gasteiger partial charge in [0.25, 0.3) is 0 Å². The summed E-state index contributed by atoms with van der Waals surface area (Å²) < 4.78 is 0. The molecule has 0 fully saturated rings. The lowest BCUT2D eigenvalue weighted by Crippen LogP contribution is -1.74. The average Bonchev–Trinajstić information content (AvgIpc) is 2.05. The summed E-state index contributed by atoms with van der Waals surface area (Å²) in [5.41, 5.74) is 1.14. The van der Waals surface area contributed by atoms with E-state index in [1.54, 1.807) is 0 Å². The summed E-state index contributed by atoms with van der Waals surface area (Å²) in [5, 5.41) is 0. The van der Waals surface area contributed by atoms with Crippen molar-refractivity contribution in [3.8, 4) is 0 Å². The van der Waals surface area contributed by atoms with E-state index < -0.39 is 0 Å². The Morgan fingerprint density at radius 2 is 2.09 bits per heavy atom. The predicted octanol–water partition coefficient (Wildman–Crippen LogP) is 3.34. The van der Waals surface area contributed by atoms with Crippen molar-refractivity contribution in [3.63, 3.8) is 0 Å². The van der Waals surface area contributed by atoms with Gasteiger partial charge in [-0.15, -0.1) is 0 Å². The molecule has 0 aliphatic carbocycles. The smallest absolute Gasteiger partial charge is 0.0358 e. The van der Waals surface area contributed by atoms with Gasteiger partial charge in [0.1, 0.15) is 0 Å². The summed E-state index contributed by atoms with van der Waals surface area (Å²) in [4.78, 5) is 4.25. The van der Waals surface area contributed by atoms with Crippen molar-refractivity contribution in [2.45, 2.75) is 33.6 Å². The summed E-state index contributed by atoms with van der Waals surface area (Å²) >= 11 is 0. The second kappa shape index (κ2) is 7.26. The zero-order chi connectivity index (χ0) is 8.53. The van der Waals surface area contributed by atoms with E-state index in [0.717, 1.165) is 18.5 Å². The van der Waals surface area contributed by atoms with Crippen molar-refractivity contribution in [2.75, 3.05) is 0 Å². The lowest BCUT2D eigenvalue weighted by molar-refractivity contribution is 1.06. The van der Waals surface area contributed by atoms with Crippen LogP contribution >= 0.6 is 0 Å². The summed E-state index contributed by atoms with van der Waals surface area (Å²) in [6.07, 6.45) is 10.0. The molecule has 0 atom stereocenters. The topological polar surface area (TPSA) is 12.4 Å². The Bertz CT molecular complexity index is 164. The molecule has 1 heteroatoms. The molecule has 0 heterocycles. The van der Waals surface area contributed by atoms with Crippen LogP contribution in [0.3, 0.4) is 0 Å². The summed E-state index contributed by atoms with van der Waals surface area (Å²) in [5.74, 6) is 0. The van der Waals surface area contributed by atoms with E-state index >= 15 is 0 Å². The average molecular weight is 151 g/mol. The molecule has 0 aromatic rings. The standard InChI is InChI=1S/C10H17N/c1-4-7-8-9-11-10(5-2)6-3/h5,7-9H,4,6H2,1-3H3/b8-7+,10-5-,11-9-. The number of aliphatic imine (C=N–C) groups is 1. The maximum atomic E-state index is 4.25. The minimum atomic E-state index is 1.01. The molecule has 11 heavy (non-hydrogen) atoms.